The van der Waals surface area contributed by atoms with Gasteiger partial charge >= 0.3 is 17.9 Å². The van der Waals surface area contributed by atoms with E-state index in [1.165, 1.54) is 0 Å². The average Bonchev–Trinajstić information content (AvgIpc) is 3.00. The molecule has 7 nitrogen and oxygen atoms in total. The minimum absolute atomic E-state index is 0.107. The lowest BCUT2D eigenvalue weighted by Crippen LogP contribution is -2.19. The van der Waals surface area contributed by atoms with Crippen LogP contribution in [0.15, 0.2) is 91.0 Å². The largest absolute Gasteiger partial charge is 0.488 e. The van der Waals surface area contributed by atoms with Gasteiger partial charge in [-0.1, -0.05) is 91.0 Å². The summed E-state index contributed by atoms with van der Waals surface area (Å²) < 4.78 is 6.61. The highest BCUT2D eigenvalue weighted by molar-refractivity contribution is 7.81. The van der Waals surface area contributed by atoms with Gasteiger partial charge in [-0.05, 0) is 46.2 Å². The summed E-state index contributed by atoms with van der Waals surface area (Å²) in [5, 5.41) is 27.1. The minimum atomic E-state index is -1.09. The van der Waals surface area contributed by atoms with Crippen molar-refractivity contribution in [3.63, 3.8) is 0 Å². The lowest BCUT2D eigenvalue weighted by atomic mass is 9.80. The summed E-state index contributed by atoms with van der Waals surface area (Å²) in [7, 11) is 0. The van der Waals surface area contributed by atoms with Gasteiger partial charge in [-0.2, -0.15) is 37.9 Å². The van der Waals surface area contributed by atoms with Crippen LogP contribution in [0.25, 0.3) is 0 Å². The van der Waals surface area contributed by atoms with Crippen LogP contribution >= 0.6 is 37.9 Å². The molecule has 3 atom stereocenters. The highest BCUT2D eigenvalue weighted by atomic mass is 32.1. The third kappa shape index (κ3) is 9.34. The van der Waals surface area contributed by atoms with Crippen LogP contribution in [0.3, 0.4) is 0 Å². The molecule has 0 saturated carbocycles. The second-order valence-corrected chi connectivity index (χ2v) is 12.8. The van der Waals surface area contributed by atoms with Crippen LogP contribution in [0.4, 0.5) is 0 Å². The highest BCUT2D eigenvalue weighted by Crippen LogP contribution is 2.50. The Morgan fingerprint density at radius 1 is 0.522 bits per heavy atom. The summed E-state index contributed by atoms with van der Waals surface area (Å²) in [6.45, 7) is 0.107. The summed E-state index contributed by atoms with van der Waals surface area (Å²) in [6, 6.07) is 28.5. The van der Waals surface area contributed by atoms with Crippen LogP contribution in [0.1, 0.15) is 79.5 Å². The lowest BCUT2D eigenvalue weighted by Gasteiger charge is -2.32. The summed E-state index contributed by atoms with van der Waals surface area (Å²) in [5.74, 6) is -2.93. The van der Waals surface area contributed by atoms with Crippen LogP contribution in [-0.4, -0.2) is 33.2 Å². The fourth-order valence-corrected chi connectivity index (χ4v) is 6.99. The van der Waals surface area contributed by atoms with Crippen molar-refractivity contribution < 1.29 is 34.4 Å². The Hall–Kier alpha value is -3.86. The monoisotopic (exact) mass is 676 g/mol. The molecule has 3 N–H and O–H groups in total. The van der Waals surface area contributed by atoms with Crippen molar-refractivity contribution in [2.45, 2.75) is 54.5 Å². The fraction of sp³-hybridized carbons (Fsp3) is 0.250. The predicted molar refractivity (Wildman–Crippen MR) is 188 cm³/mol. The predicted octanol–water partition coefficient (Wildman–Crippen LogP) is 7.78. The molecular weight excluding hydrogens is 641 g/mol. The number of hydrogen-bond acceptors (Lipinski definition) is 7. The maximum absolute atomic E-state index is 12.1. The first-order valence-corrected chi connectivity index (χ1v) is 16.3. The molecule has 46 heavy (non-hydrogen) atoms. The van der Waals surface area contributed by atoms with Crippen molar-refractivity contribution in [3.05, 3.63) is 136 Å². The maximum Gasteiger partial charge on any atom is 0.304 e. The van der Waals surface area contributed by atoms with Crippen molar-refractivity contribution >= 4 is 55.8 Å². The Balaban J connectivity index is 2.15. The van der Waals surface area contributed by atoms with E-state index in [1.54, 1.807) is 0 Å². The first kappa shape index (κ1) is 35.0. The highest BCUT2D eigenvalue weighted by Gasteiger charge is 2.34. The molecule has 0 heterocycles. The fourth-order valence-electron chi connectivity index (χ4n) is 5.67. The molecule has 4 aromatic rings. The topological polar surface area (TPSA) is 121 Å². The first-order chi connectivity index (χ1) is 22.0. The number of carboxylic acid groups (broad SMARTS) is 3. The van der Waals surface area contributed by atoms with Gasteiger partial charge in [0.2, 0.25) is 0 Å². The Labute approximate surface area is 284 Å². The van der Waals surface area contributed by atoms with Crippen LogP contribution in [0, 0.1) is 0 Å². The molecule has 0 bridgehead atoms. The summed E-state index contributed by atoms with van der Waals surface area (Å²) in [5.41, 5.74) is 5.46. The van der Waals surface area contributed by atoms with E-state index in [9.17, 15) is 29.7 Å². The van der Waals surface area contributed by atoms with E-state index in [1.807, 2.05) is 91.0 Å². The number of carbonyl (C=O) groups is 3. The number of aliphatic carboxylic acids is 3. The first-order valence-electron chi connectivity index (χ1n) is 14.7. The van der Waals surface area contributed by atoms with E-state index in [-0.39, 0.29) is 25.9 Å². The van der Waals surface area contributed by atoms with E-state index in [0.29, 0.717) is 46.4 Å². The van der Waals surface area contributed by atoms with E-state index in [2.05, 4.69) is 0 Å². The number of thiol groups is 3. The zero-order chi connectivity index (χ0) is 33.2. The van der Waals surface area contributed by atoms with Crippen molar-refractivity contribution in [1.82, 2.24) is 0 Å². The molecule has 0 fully saturated rings. The second kappa shape index (κ2) is 16.6. The molecular formula is C36H36O7S3. The number of ether oxygens (including phenoxy) is 1. The van der Waals surface area contributed by atoms with Gasteiger partial charge in [0.15, 0.2) is 0 Å². The molecule has 0 saturated heterocycles. The standard InChI is InChI=1S/C36H36O7S3/c37-30(38)18-27(44)33-25(16-22-10-4-1-5-11-22)34(28(45)19-31(39)40)36(43-21-24-14-8-3-9-15-24)35(29(46)20-32(41)42)26(33)17-23-12-6-2-7-13-23/h1-15,27-29,44-46H,16-21H2,(H,37,38)(H,39,40)(H,41,42). The second-order valence-electron chi connectivity index (χ2n) is 11.0. The van der Waals surface area contributed by atoms with Gasteiger partial charge in [-0.3, -0.25) is 14.4 Å². The quantitative estimate of drug-likeness (QED) is 0.0671. The average molecular weight is 677 g/mol. The summed E-state index contributed by atoms with van der Waals surface area (Å²) in [4.78, 5) is 36.3. The third-order valence-electron chi connectivity index (χ3n) is 7.57. The Kier molecular flexibility index (Phi) is 12.7. The molecule has 0 radical (unpaired) electrons. The molecule has 0 aliphatic rings. The van der Waals surface area contributed by atoms with Crippen LogP contribution < -0.4 is 4.74 Å². The van der Waals surface area contributed by atoms with Gasteiger partial charge in [0.05, 0.1) is 19.3 Å². The van der Waals surface area contributed by atoms with Crippen LogP contribution in [-0.2, 0) is 33.8 Å². The number of hydrogen-bond donors (Lipinski definition) is 6. The molecule has 0 aromatic heterocycles. The molecule has 0 spiro atoms. The molecule has 0 aliphatic carbocycles. The smallest absolute Gasteiger partial charge is 0.304 e. The normalized spacial score (nSPS) is 13.0. The van der Waals surface area contributed by atoms with E-state index in [4.69, 9.17) is 42.6 Å². The van der Waals surface area contributed by atoms with Gasteiger partial charge in [0.1, 0.15) is 12.4 Å². The minimum Gasteiger partial charge on any atom is -0.488 e. The molecule has 240 valence electrons. The van der Waals surface area contributed by atoms with Crippen LogP contribution in [0.5, 0.6) is 5.75 Å². The number of carboxylic acids is 3. The van der Waals surface area contributed by atoms with Gasteiger partial charge < -0.3 is 20.1 Å². The Morgan fingerprint density at radius 3 is 1.20 bits per heavy atom. The number of benzene rings is 4. The van der Waals surface area contributed by atoms with E-state index in [0.717, 1.165) is 16.7 Å². The SMILES string of the molecule is O=C(O)CC(S)c1c(Cc2ccccc2)c(C(S)CC(=O)O)c(OCc2ccccc2)c(C(S)CC(=O)O)c1Cc1ccccc1. The van der Waals surface area contributed by atoms with Crippen molar-refractivity contribution in [2.24, 2.45) is 0 Å². The molecule has 0 amide bonds. The van der Waals surface area contributed by atoms with Crippen LogP contribution in [0.2, 0.25) is 0 Å². The van der Waals surface area contributed by atoms with Crippen molar-refractivity contribution in [3.8, 4) is 5.75 Å². The van der Waals surface area contributed by atoms with E-state index < -0.39 is 33.7 Å². The van der Waals surface area contributed by atoms with Crippen molar-refractivity contribution in [2.75, 3.05) is 0 Å². The van der Waals surface area contributed by atoms with Crippen molar-refractivity contribution in [1.29, 1.82) is 0 Å². The summed E-state index contributed by atoms with van der Waals surface area (Å²) >= 11 is 14.5. The lowest BCUT2D eigenvalue weighted by molar-refractivity contribution is -0.138. The maximum atomic E-state index is 12.1. The van der Waals surface area contributed by atoms with Gasteiger partial charge in [-0.15, -0.1) is 0 Å². The van der Waals surface area contributed by atoms with Gasteiger partial charge in [-0.25, -0.2) is 0 Å². The summed E-state index contributed by atoms with van der Waals surface area (Å²) in [6.07, 6.45) is -0.453. The number of rotatable bonds is 16. The molecule has 3 unspecified atom stereocenters. The zero-order valence-corrected chi connectivity index (χ0v) is 27.6. The molecule has 0 aliphatic heterocycles. The van der Waals surface area contributed by atoms with E-state index >= 15 is 0 Å². The Bertz CT molecular complexity index is 1560. The zero-order valence-electron chi connectivity index (χ0n) is 25.0. The van der Waals surface area contributed by atoms with Gasteiger partial charge in [0.25, 0.3) is 0 Å². The Morgan fingerprint density at radius 2 is 0.848 bits per heavy atom. The molecule has 4 rings (SSSR count). The molecule has 10 heteroatoms. The molecule has 4 aromatic carbocycles. The van der Waals surface area contributed by atoms with Gasteiger partial charge in [0, 0.05) is 26.9 Å². The third-order valence-corrected chi connectivity index (χ3v) is 8.89.